The molecule has 96 valence electrons. The molecular formula is C13H15BF3N. The van der Waals surface area contributed by atoms with Gasteiger partial charge in [-0.25, -0.2) is 0 Å². The van der Waals surface area contributed by atoms with Crippen LogP contribution in [0, 0.1) is 0 Å². The van der Waals surface area contributed by atoms with Crippen molar-refractivity contribution in [2.75, 3.05) is 5.32 Å². The average Bonchev–Trinajstić information content (AvgIpc) is 2.28. The predicted molar refractivity (Wildman–Crippen MR) is 66.8 cm³/mol. The molecule has 5 heteroatoms. The highest BCUT2D eigenvalue weighted by Crippen LogP contribution is 2.32. The highest BCUT2D eigenvalue weighted by Gasteiger charge is 2.30. The van der Waals surface area contributed by atoms with Crippen LogP contribution < -0.4 is 5.32 Å². The van der Waals surface area contributed by atoms with Crippen molar-refractivity contribution >= 4 is 13.5 Å². The van der Waals surface area contributed by atoms with Crippen LogP contribution in [0.5, 0.6) is 0 Å². The van der Waals surface area contributed by atoms with Gasteiger partial charge in [-0.1, -0.05) is 24.7 Å². The molecule has 0 bridgehead atoms. The van der Waals surface area contributed by atoms with Gasteiger partial charge in [-0.05, 0) is 31.0 Å². The summed E-state index contributed by atoms with van der Waals surface area (Å²) in [5.41, 5.74) is -0.100. The minimum atomic E-state index is -4.29. The SMILES string of the molecule is [B]C1CCCC(Nc2cccc(C(F)(F)F)c2)C1. The molecule has 2 rings (SSSR count). The molecule has 1 aromatic rings. The quantitative estimate of drug-likeness (QED) is 0.785. The maximum Gasteiger partial charge on any atom is 0.416 e. The van der Waals surface area contributed by atoms with Gasteiger partial charge in [0.25, 0.3) is 0 Å². The Bertz CT molecular complexity index is 405. The molecule has 0 spiro atoms. The van der Waals surface area contributed by atoms with Crippen molar-refractivity contribution in [3.05, 3.63) is 29.8 Å². The third-order valence-corrected chi connectivity index (χ3v) is 3.28. The molecule has 2 unspecified atom stereocenters. The molecule has 1 aliphatic carbocycles. The molecule has 1 N–H and O–H groups in total. The molecular weight excluding hydrogens is 238 g/mol. The topological polar surface area (TPSA) is 12.0 Å². The van der Waals surface area contributed by atoms with E-state index in [9.17, 15) is 13.2 Å². The summed E-state index contributed by atoms with van der Waals surface area (Å²) in [5.74, 6) is 0.155. The fourth-order valence-electron chi connectivity index (χ4n) is 2.38. The second-order valence-corrected chi connectivity index (χ2v) is 4.85. The van der Waals surface area contributed by atoms with Crippen molar-refractivity contribution < 1.29 is 13.2 Å². The van der Waals surface area contributed by atoms with Gasteiger partial charge in [-0.15, -0.1) is 0 Å². The summed E-state index contributed by atoms with van der Waals surface area (Å²) in [4.78, 5) is 0. The molecule has 0 aromatic heterocycles. The van der Waals surface area contributed by atoms with Crippen LogP contribution in [0.25, 0.3) is 0 Å². The smallest absolute Gasteiger partial charge is 0.382 e. The first-order valence-electron chi connectivity index (χ1n) is 6.14. The number of halogens is 3. The molecule has 1 fully saturated rings. The second kappa shape index (κ2) is 5.25. The highest BCUT2D eigenvalue weighted by molar-refractivity contribution is 6.11. The number of nitrogens with one attached hydrogen (secondary N) is 1. The number of benzene rings is 1. The van der Waals surface area contributed by atoms with Crippen LogP contribution in [0.2, 0.25) is 5.82 Å². The van der Waals surface area contributed by atoms with E-state index in [4.69, 9.17) is 7.85 Å². The van der Waals surface area contributed by atoms with E-state index in [0.717, 1.165) is 37.8 Å². The summed E-state index contributed by atoms with van der Waals surface area (Å²) in [6.07, 6.45) is -0.487. The zero-order chi connectivity index (χ0) is 13.2. The summed E-state index contributed by atoms with van der Waals surface area (Å²) in [7, 11) is 5.86. The predicted octanol–water partition coefficient (Wildman–Crippen LogP) is 4.02. The summed E-state index contributed by atoms with van der Waals surface area (Å²) in [6, 6.07) is 5.50. The lowest BCUT2D eigenvalue weighted by Gasteiger charge is -2.28. The van der Waals surface area contributed by atoms with Gasteiger partial charge in [0, 0.05) is 11.7 Å². The van der Waals surface area contributed by atoms with Crippen molar-refractivity contribution in [3.8, 4) is 0 Å². The lowest BCUT2D eigenvalue weighted by molar-refractivity contribution is -0.137. The van der Waals surface area contributed by atoms with Crippen molar-refractivity contribution in [2.45, 2.75) is 43.7 Å². The van der Waals surface area contributed by atoms with E-state index in [1.807, 2.05) is 0 Å². The summed E-state index contributed by atoms with van der Waals surface area (Å²) >= 11 is 0. The molecule has 0 aliphatic heterocycles. The Morgan fingerprint density at radius 2 is 2.00 bits per heavy atom. The number of hydrogen-bond donors (Lipinski definition) is 1. The van der Waals surface area contributed by atoms with Crippen LogP contribution in [0.1, 0.15) is 31.2 Å². The van der Waals surface area contributed by atoms with Crippen LogP contribution in [0.15, 0.2) is 24.3 Å². The van der Waals surface area contributed by atoms with Crippen LogP contribution in [0.3, 0.4) is 0 Å². The molecule has 2 radical (unpaired) electrons. The largest absolute Gasteiger partial charge is 0.416 e. The minimum Gasteiger partial charge on any atom is -0.382 e. The molecule has 0 saturated heterocycles. The Morgan fingerprint density at radius 3 is 2.67 bits per heavy atom. The van der Waals surface area contributed by atoms with Crippen LogP contribution in [-0.4, -0.2) is 13.9 Å². The van der Waals surface area contributed by atoms with Gasteiger partial charge in [-0.3, -0.25) is 0 Å². The van der Waals surface area contributed by atoms with E-state index in [-0.39, 0.29) is 11.9 Å². The van der Waals surface area contributed by atoms with Crippen LogP contribution in [-0.2, 0) is 6.18 Å². The minimum absolute atomic E-state index is 0.155. The molecule has 0 amide bonds. The third kappa shape index (κ3) is 3.43. The Kier molecular flexibility index (Phi) is 3.88. The molecule has 1 nitrogen and oxygen atoms in total. The van der Waals surface area contributed by atoms with E-state index in [1.54, 1.807) is 6.07 Å². The van der Waals surface area contributed by atoms with Gasteiger partial charge in [0.1, 0.15) is 0 Å². The van der Waals surface area contributed by atoms with E-state index in [2.05, 4.69) is 5.32 Å². The maximum absolute atomic E-state index is 12.6. The van der Waals surface area contributed by atoms with Gasteiger partial charge < -0.3 is 5.32 Å². The first-order chi connectivity index (χ1) is 8.45. The van der Waals surface area contributed by atoms with Gasteiger partial charge in [0.15, 0.2) is 0 Å². The monoisotopic (exact) mass is 253 g/mol. The highest BCUT2D eigenvalue weighted by atomic mass is 19.4. The number of hydrogen-bond acceptors (Lipinski definition) is 1. The molecule has 1 saturated carbocycles. The summed E-state index contributed by atoms with van der Waals surface area (Å²) < 4.78 is 37.7. The summed E-state index contributed by atoms with van der Waals surface area (Å²) in [5, 5.41) is 3.14. The van der Waals surface area contributed by atoms with Gasteiger partial charge in [-0.2, -0.15) is 13.2 Å². The number of anilines is 1. The van der Waals surface area contributed by atoms with Crippen molar-refractivity contribution in [1.82, 2.24) is 0 Å². The zero-order valence-corrected chi connectivity index (χ0v) is 10.0. The number of alkyl halides is 3. The second-order valence-electron chi connectivity index (χ2n) is 4.85. The zero-order valence-electron chi connectivity index (χ0n) is 10.0. The molecule has 18 heavy (non-hydrogen) atoms. The van der Waals surface area contributed by atoms with E-state index in [0.29, 0.717) is 5.69 Å². The normalized spacial score (nSPS) is 24.8. The standard InChI is InChI=1S/C13H15BF3N/c14-10-4-2-6-12(8-10)18-11-5-1-3-9(7-11)13(15,16)17/h1,3,5,7,10,12,18H,2,4,6,8H2. The van der Waals surface area contributed by atoms with Crippen LogP contribution >= 0.6 is 0 Å². The molecule has 1 aliphatic rings. The van der Waals surface area contributed by atoms with E-state index < -0.39 is 11.7 Å². The van der Waals surface area contributed by atoms with Gasteiger partial charge in [0.2, 0.25) is 0 Å². The fraction of sp³-hybridized carbons (Fsp3) is 0.538. The van der Waals surface area contributed by atoms with Crippen molar-refractivity contribution in [1.29, 1.82) is 0 Å². The van der Waals surface area contributed by atoms with E-state index in [1.165, 1.54) is 6.07 Å². The first kappa shape index (κ1) is 13.3. The summed E-state index contributed by atoms with van der Waals surface area (Å²) in [6.45, 7) is 0. The lowest BCUT2D eigenvalue weighted by Crippen LogP contribution is -2.25. The Labute approximate surface area is 106 Å². The molecule has 1 aromatic carbocycles. The Balaban J connectivity index is 2.05. The number of rotatable bonds is 2. The van der Waals surface area contributed by atoms with Gasteiger partial charge in [0.05, 0.1) is 13.4 Å². The Hall–Kier alpha value is -1.13. The average molecular weight is 253 g/mol. The first-order valence-corrected chi connectivity index (χ1v) is 6.14. The van der Waals surface area contributed by atoms with Gasteiger partial charge >= 0.3 is 6.18 Å². The Morgan fingerprint density at radius 1 is 1.22 bits per heavy atom. The fourth-order valence-corrected chi connectivity index (χ4v) is 2.38. The molecule has 2 atom stereocenters. The van der Waals surface area contributed by atoms with E-state index >= 15 is 0 Å². The van der Waals surface area contributed by atoms with Crippen molar-refractivity contribution in [2.24, 2.45) is 0 Å². The lowest BCUT2D eigenvalue weighted by atomic mass is 9.73. The van der Waals surface area contributed by atoms with Crippen molar-refractivity contribution in [3.63, 3.8) is 0 Å². The maximum atomic E-state index is 12.6. The third-order valence-electron chi connectivity index (χ3n) is 3.28. The van der Waals surface area contributed by atoms with Crippen LogP contribution in [0.4, 0.5) is 18.9 Å². The molecule has 0 heterocycles.